The molecular weight excluding hydrogens is 194 g/mol. The lowest BCUT2D eigenvalue weighted by Gasteiger charge is -2.15. The van der Waals surface area contributed by atoms with Gasteiger partial charge in [-0.3, -0.25) is 0 Å². The fourth-order valence-corrected chi connectivity index (χ4v) is 1.90. The van der Waals surface area contributed by atoms with Gasteiger partial charge >= 0.3 is 6.09 Å². The van der Waals surface area contributed by atoms with Crippen molar-refractivity contribution in [1.82, 2.24) is 5.32 Å². The lowest BCUT2D eigenvalue weighted by atomic mass is 10.2. The van der Waals surface area contributed by atoms with E-state index in [0.29, 0.717) is 13.2 Å². The summed E-state index contributed by atoms with van der Waals surface area (Å²) in [6, 6.07) is 0.229. The maximum atomic E-state index is 11.4. The summed E-state index contributed by atoms with van der Waals surface area (Å²) in [6.07, 6.45) is 4.20. The number of nitrogens with one attached hydrogen (secondary N) is 1. The average Bonchev–Trinajstić information content (AvgIpc) is 2.80. The zero-order valence-corrected chi connectivity index (χ0v) is 9.20. The number of amides is 1. The van der Waals surface area contributed by atoms with Gasteiger partial charge in [0, 0.05) is 12.5 Å². The van der Waals surface area contributed by atoms with Crippen molar-refractivity contribution >= 4 is 6.09 Å². The predicted molar refractivity (Wildman–Crippen MR) is 55.6 cm³/mol. The Morgan fingerprint density at radius 3 is 2.93 bits per heavy atom. The zero-order chi connectivity index (χ0) is 10.7. The van der Waals surface area contributed by atoms with Crippen molar-refractivity contribution in [3.05, 3.63) is 0 Å². The molecule has 2 atom stereocenters. The molecule has 0 aromatic carbocycles. The summed E-state index contributed by atoms with van der Waals surface area (Å²) in [7, 11) is 0. The lowest BCUT2D eigenvalue weighted by Crippen LogP contribution is -2.35. The van der Waals surface area contributed by atoms with E-state index in [2.05, 4.69) is 5.32 Å². The fraction of sp³-hybridized carbons (Fsp3) is 0.909. The summed E-state index contributed by atoms with van der Waals surface area (Å²) in [5, 5.41) is 2.86. The molecule has 2 aliphatic rings. The van der Waals surface area contributed by atoms with Crippen LogP contribution in [0.2, 0.25) is 0 Å². The molecule has 4 nitrogen and oxygen atoms in total. The van der Waals surface area contributed by atoms with Gasteiger partial charge in [-0.1, -0.05) is 12.8 Å². The van der Waals surface area contributed by atoms with Crippen LogP contribution in [0.15, 0.2) is 0 Å². The van der Waals surface area contributed by atoms with Gasteiger partial charge in [-0.05, 0) is 19.3 Å². The molecule has 0 bridgehead atoms. The van der Waals surface area contributed by atoms with Crippen molar-refractivity contribution in [2.24, 2.45) is 5.92 Å². The molecule has 1 amide bonds. The van der Waals surface area contributed by atoms with Crippen molar-refractivity contribution in [3.8, 4) is 0 Å². The minimum atomic E-state index is -0.293. The number of rotatable bonds is 4. The van der Waals surface area contributed by atoms with Crippen molar-refractivity contribution < 1.29 is 14.3 Å². The molecule has 0 aromatic rings. The maximum Gasteiger partial charge on any atom is 0.407 e. The predicted octanol–water partition coefficient (Wildman–Crippen LogP) is 1.69. The molecule has 15 heavy (non-hydrogen) atoms. The second kappa shape index (κ2) is 4.84. The van der Waals surface area contributed by atoms with Crippen LogP contribution in [-0.4, -0.2) is 31.5 Å². The van der Waals surface area contributed by atoms with Gasteiger partial charge in [0.05, 0.1) is 13.2 Å². The summed E-state index contributed by atoms with van der Waals surface area (Å²) in [4.78, 5) is 11.4. The van der Waals surface area contributed by atoms with Crippen LogP contribution in [0.1, 0.15) is 32.6 Å². The molecule has 1 saturated heterocycles. The highest BCUT2D eigenvalue weighted by molar-refractivity contribution is 5.67. The Labute approximate surface area is 90.3 Å². The van der Waals surface area contributed by atoms with Crippen LogP contribution < -0.4 is 5.32 Å². The highest BCUT2D eigenvalue weighted by Gasteiger charge is 2.25. The highest BCUT2D eigenvalue weighted by Crippen LogP contribution is 2.33. The first kappa shape index (κ1) is 10.7. The molecule has 4 heteroatoms. The van der Waals surface area contributed by atoms with Crippen molar-refractivity contribution in [2.75, 3.05) is 13.2 Å². The van der Waals surface area contributed by atoms with Gasteiger partial charge in [0.2, 0.25) is 0 Å². The van der Waals surface area contributed by atoms with Crippen LogP contribution in [0.5, 0.6) is 0 Å². The molecule has 1 heterocycles. The van der Waals surface area contributed by atoms with Crippen LogP contribution >= 0.6 is 0 Å². The van der Waals surface area contributed by atoms with Crippen LogP contribution in [0.25, 0.3) is 0 Å². The number of carbonyl (C=O) groups is 1. The third-order valence-corrected chi connectivity index (χ3v) is 2.91. The summed E-state index contributed by atoms with van der Waals surface area (Å²) in [6.45, 7) is 3.28. The van der Waals surface area contributed by atoms with E-state index in [0.717, 1.165) is 18.8 Å². The van der Waals surface area contributed by atoms with Gasteiger partial charge in [-0.2, -0.15) is 0 Å². The smallest absolute Gasteiger partial charge is 0.407 e. The van der Waals surface area contributed by atoms with Gasteiger partial charge in [0.15, 0.2) is 0 Å². The molecule has 1 aliphatic carbocycles. The molecule has 0 spiro atoms. The SMILES string of the molecule is CC(CC1CC1)NC(=O)OC1CCOC1. The van der Waals surface area contributed by atoms with E-state index in [1.807, 2.05) is 6.92 Å². The number of carbonyl (C=O) groups excluding carboxylic acids is 1. The fourth-order valence-electron chi connectivity index (χ4n) is 1.90. The third-order valence-electron chi connectivity index (χ3n) is 2.91. The molecule has 1 N–H and O–H groups in total. The van der Waals surface area contributed by atoms with Gasteiger partial charge in [-0.15, -0.1) is 0 Å². The average molecular weight is 213 g/mol. The Hall–Kier alpha value is -0.770. The standard InChI is InChI=1S/C11H19NO3/c1-8(6-9-2-3-9)12-11(13)15-10-4-5-14-7-10/h8-10H,2-7H2,1H3,(H,12,13). The first-order valence-electron chi connectivity index (χ1n) is 5.79. The number of hydrogen-bond donors (Lipinski definition) is 1. The van der Waals surface area contributed by atoms with E-state index in [9.17, 15) is 4.79 Å². The van der Waals surface area contributed by atoms with E-state index in [1.54, 1.807) is 0 Å². The maximum absolute atomic E-state index is 11.4. The molecule has 2 unspecified atom stereocenters. The first-order valence-corrected chi connectivity index (χ1v) is 5.79. The highest BCUT2D eigenvalue weighted by atomic mass is 16.6. The van der Waals surface area contributed by atoms with E-state index >= 15 is 0 Å². The van der Waals surface area contributed by atoms with E-state index in [-0.39, 0.29) is 18.2 Å². The summed E-state index contributed by atoms with van der Waals surface area (Å²) in [5.74, 6) is 0.829. The number of alkyl carbamates (subject to hydrolysis) is 1. The molecule has 2 fully saturated rings. The Kier molecular flexibility index (Phi) is 3.46. The Balaban J connectivity index is 1.61. The second-order valence-corrected chi connectivity index (χ2v) is 4.62. The number of ether oxygens (including phenoxy) is 2. The number of hydrogen-bond acceptors (Lipinski definition) is 3. The van der Waals surface area contributed by atoms with Crippen LogP contribution in [0.4, 0.5) is 4.79 Å². The van der Waals surface area contributed by atoms with Crippen molar-refractivity contribution in [2.45, 2.75) is 44.8 Å². The topological polar surface area (TPSA) is 47.6 Å². The zero-order valence-electron chi connectivity index (χ0n) is 9.20. The van der Waals surface area contributed by atoms with Crippen molar-refractivity contribution in [1.29, 1.82) is 0 Å². The quantitative estimate of drug-likeness (QED) is 0.773. The minimum absolute atomic E-state index is 0.0434. The molecule has 0 aromatic heterocycles. The Morgan fingerprint density at radius 2 is 2.33 bits per heavy atom. The van der Waals surface area contributed by atoms with Gasteiger partial charge in [0.25, 0.3) is 0 Å². The first-order chi connectivity index (χ1) is 7.24. The minimum Gasteiger partial charge on any atom is -0.444 e. The third kappa shape index (κ3) is 3.70. The van der Waals surface area contributed by atoms with Crippen LogP contribution in [0.3, 0.4) is 0 Å². The van der Waals surface area contributed by atoms with Gasteiger partial charge < -0.3 is 14.8 Å². The Morgan fingerprint density at radius 1 is 1.53 bits per heavy atom. The van der Waals surface area contributed by atoms with Crippen LogP contribution in [0, 0.1) is 5.92 Å². The van der Waals surface area contributed by atoms with Gasteiger partial charge in [0.1, 0.15) is 6.10 Å². The van der Waals surface area contributed by atoms with Crippen LogP contribution in [-0.2, 0) is 9.47 Å². The molecule has 1 saturated carbocycles. The molecular formula is C11H19NO3. The normalized spacial score (nSPS) is 27.4. The summed E-state index contributed by atoms with van der Waals surface area (Å²) in [5.41, 5.74) is 0. The summed E-state index contributed by atoms with van der Waals surface area (Å²) >= 11 is 0. The largest absolute Gasteiger partial charge is 0.444 e. The Bertz CT molecular complexity index is 222. The van der Waals surface area contributed by atoms with E-state index in [1.165, 1.54) is 12.8 Å². The molecule has 1 aliphatic heterocycles. The summed E-state index contributed by atoms with van der Waals surface area (Å²) < 4.78 is 10.3. The van der Waals surface area contributed by atoms with E-state index in [4.69, 9.17) is 9.47 Å². The van der Waals surface area contributed by atoms with Crippen molar-refractivity contribution in [3.63, 3.8) is 0 Å². The molecule has 0 radical (unpaired) electrons. The monoisotopic (exact) mass is 213 g/mol. The lowest BCUT2D eigenvalue weighted by molar-refractivity contribution is 0.0809. The van der Waals surface area contributed by atoms with E-state index < -0.39 is 0 Å². The molecule has 2 rings (SSSR count). The second-order valence-electron chi connectivity index (χ2n) is 4.62. The molecule has 86 valence electrons. The van der Waals surface area contributed by atoms with Gasteiger partial charge in [-0.25, -0.2) is 4.79 Å².